The molecule has 0 aliphatic heterocycles. The Kier molecular flexibility index (Phi) is 5.73. The fraction of sp³-hybridized carbons (Fsp3) is 0.250. The highest BCUT2D eigenvalue weighted by atomic mass is 79.9. The molecule has 0 heterocycles. The average molecular weight is 375 g/mol. The Morgan fingerprint density at radius 2 is 2.00 bits per heavy atom. The van der Waals surface area contributed by atoms with E-state index in [0.717, 1.165) is 10.0 Å². The number of hydrogen-bond acceptors (Lipinski definition) is 1. The molecule has 1 N–H and O–H groups in total. The third-order valence-corrected chi connectivity index (χ3v) is 4.33. The van der Waals surface area contributed by atoms with Crippen molar-refractivity contribution in [3.05, 3.63) is 68.7 Å². The SMILES string of the molecule is CCNC(Cc1cc(F)ccc1Br)c1c(F)cccc1Cl. The van der Waals surface area contributed by atoms with Crippen LogP contribution in [0.1, 0.15) is 24.1 Å². The zero-order valence-electron chi connectivity index (χ0n) is 11.5. The molecule has 0 aromatic heterocycles. The summed E-state index contributed by atoms with van der Waals surface area (Å²) >= 11 is 9.53. The molecule has 0 radical (unpaired) electrons. The van der Waals surface area contributed by atoms with Crippen molar-refractivity contribution in [1.82, 2.24) is 5.32 Å². The van der Waals surface area contributed by atoms with Gasteiger partial charge in [0.25, 0.3) is 0 Å². The summed E-state index contributed by atoms with van der Waals surface area (Å²) in [7, 11) is 0. The first-order valence-corrected chi connectivity index (χ1v) is 7.81. The predicted octanol–water partition coefficient (Wildman–Crippen LogP) is 5.27. The van der Waals surface area contributed by atoms with E-state index in [0.29, 0.717) is 23.6 Å². The van der Waals surface area contributed by atoms with Gasteiger partial charge in [0.1, 0.15) is 11.6 Å². The summed E-state index contributed by atoms with van der Waals surface area (Å²) in [6, 6.07) is 8.77. The van der Waals surface area contributed by atoms with Crippen LogP contribution in [0.5, 0.6) is 0 Å². The van der Waals surface area contributed by atoms with Gasteiger partial charge in [-0.1, -0.05) is 40.5 Å². The summed E-state index contributed by atoms with van der Waals surface area (Å²) < 4.78 is 28.3. The van der Waals surface area contributed by atoms with Crippen LogP contribution in [0.3, 0.4) is 0 Å². The first kappa shape index (κ1) is 16.4. The van der Waals surface area contributed by atoms with E-state index in [9.17, 15) is 8.78 Å². The van der Waals surface area contributed by atoms with Gasteiger partial charge in [-0.3, -0.25) is 0 Å². The van der Waals surface area contributed by atoms with Crippen LogP contribution in [-0.4, -0.2) is 6.54 Å². The van der Waals surface area contributed by atoms with Crippen LogP contribution >= 0.6 is 27.5 Å². The molecule has 2 rings (SSSR count). The van der Waals surface area contributed by atoms with Crippen LogP contribution in [0.2, 0.25) is 5.02 Å². The van der Waals surface area contributed by atoms with Crippen molar-refractivity contribution in [2.45, 2.75) is 19.4 Å². The van der Waals surface area contributed by atoms with Gasteiger partial charge in [-0.2, -0.15) is 0 Å². The monoisotopic (exact) mass is 373 g/mol. The quantitative estimate of drug-likeness (QED) is 0.751. The second-order valence-corrected chi connectivity index (χ2v) is 5.95. The minimum atomic E-state index is -0.360. The molecule has 1 atom stereocenters. The van der Waals surface area contributed by atoms with Crippen molar-refractivity contribution in [1.29, 1.82) is 0 Å². The number of nitrogens with one attached hydrogen (secondary N) is 1. The first-order valence-electron chi connectivity index (χ1n) is 6.64. The summed E-state index contributed by atoms with van der Waals surface area (Å²) in [5, 5.41) is 3.58. The van der Waals surface area contributed by atoms with E-state index < -0.39 is 0 Å². The third-order valence-electron chi connectivity index (χ3n) is 3.23. The van der Waals surface area contributed by atoms with E-state index in [2.05, 4.69) is 21.2 Å². The molecule has 0 aliphatic rings. The van der Waals surface area contributed by atoms with E-state index in [-0.39, 0.29) is 17.7 Å². The molecule has 0 bridgehead atoms. The minimum Gasteiger partial charge on any atom is -0.310 e. The Hall–Kier alpha value is -0.970. The van der Waals surface area contributed by atoms with Crippen LogP contribution in [0.4, 0.5) is 8.78 Å². The van der Waals surface area contributed by atoms with E-state index in [1.807, 2.05) is 6.92 Å². The van der Waals surface area contributed by atoms with E-state index >= 15 is 0 Å². The molecule has 0 aliphatic carbocycles. The lowest BCUT2D eigenvalue weighted by Gasteiger charge is -2.21. The summed E-state index contributed by atoms with van der Waals surface area (Å²) in [6.45, 7) is 2.59. The van der Waals surface area contributed by atoms with Gasteiger partial charge in [0.2, 0.25) is 0 Å². The van der Waals surface area contributed by atoms with E-state index in [1.54, 1.807) is 18.2 Å². The van der Waals surface area contributed by atoms with Gasteiger partial charge >= 0.3 is 0 Å². The molecule has 112 valence electrons. The number of halogens is 4. The Balaban J connectivity index is 2.38. The van der Waals surface area contributed by atoms with Gasteiger partial charge in [-0.25, -0.2) is 8.78 Å². The van der Waals surface area contributed by atoms with Gasteiger partial charge in [0.15, 0.2) is 0 Å². The van der Waals surface area contributed by atoms with Crippen molar-refractivity contribution in [3.63, 3.8) is 0 Å². The summed E-state index contributed by atoms with van der Waals surface area (Å²) in [4.78, 5) is 0. The number of hydrogen-bond donors (Lipinski definition) is 1. The molecule has 2 aromatic carbocycles. The summed E-state index contributed by atoms with van der Waals surface area (Å²) in [5.74, 6) is -0.677. The Morgan fingerprint density at radius 3 is 2.67 bits per heavy atom. The smallest absolute Gasteiger partial charge is 0.129 e. The second-order valence-electron chi connectivity index (χ2n) is 4.69. The van der Waals surface area contributed by atoms with Crippen LogP contribution < -0.4 is 5.32 Å². The lowest BCUT2D eigenvalue weighted by atomic mass is 9.98. The van der Waals surface area contributed by atoms with E-state index in [1.165, 1.54) is 18.2 Å². The second kappa shape index (κ2) is 7.34. The van der Waals surface area contributed by atoms with Crippen molar-refractivity contribution in [3.8, 4) is 0 Å². The molecule has 0 spiro atoms. The highest BCUT2D eigenvalue weighted by Crippen LogP contribution is 2.30. The molecule has 0 saturated heterocycles. The highest BCUT2D eigenvalue weighted by molar-refractivity contribution is 9.10. The fourth-order valence-electron chi connectivity index (χ4n) is 2.29. The number of likely N-dealkylation sites (N-methyl/N-ethyl adjacent to an activating group) is 1. The first-order chi connectivity index (χ1) is 10.0. The normalized spacial score (nSPS) is 12.4. The molecular formula is C16H15BrClF2N. The van der Waals surface area contributed by atoms with Gasteiger partial charge in [-0.15, -0.1) is 0 Å². The minimum absolute atomic E-state index is 0.317. The van der Waals surface area contributed by atoms with Gasteiger partial charge in [0, 0.05) is 21.1 Å². The number of benzene rings is 2. The topological polar surface area (TPSA) is 12.0 Å². The molecular weight excluding hydrogens is 360 g/mol. The predicted molar refractivity (Wildman–Crippen MR) is 85.6 cm³/mol. The van der Waals surface area contributed by atoms with Crippen molar-refractivity contribution < 1.29 is 8.78 Å². The zero-order valence-corrected chi connectivity index (χ0v) is 13.8. The fourth-order valence-corrected chi connectivity index (χ4v) is 2.99. The maximum absolute atomic E-state index is 14.1. The van der Waals surface area contributed by atoms with Crippen LogP contribution in [0.25, 0.3) is 0 Å². The lowest BCUT2D eigenvalue weighted by molar-refractivity contribution is 0.508. The van der Waals surface area contributed by atoms with E-state index in [4.69, 9.17) is 11.6 Å². The molecule has 5 heteroatoms. The number of rotatable bonds is 5. The molecule has 0 amide bonds. The average Bonchev–Trinajstić information content (AvgIpc) is 2.43. The zero-order chi connectivity index (χ0) is 15.4. The molecule has 1 nitrogen and oxygen atoms in total. The van der Waals surface area contributed by atoms with Crippen molar-refractivity contribution in [2.75, 3.05) is 6.54 Å². The summed E-state index contributed by atoms with van der Waals surface area (Å²) in [6.07, 6.45) is 0.437. The lowest BCUT2D eigenvalue weighted by Crippen LogP contribution is -2.24. The van der Waals surface area contributed by atoms with Crippen molar-refractivity contribution in [2.24, 2.45) is 0 Å². The van der Waals surface area contributed by atoms with Crippen molar-refractivity contribution >= 4 is 27.5 Å². The van der Waals surface area contributed by atoms with Crippen LogP contribution in [-0.2, 0) is 6.42 Å². The summed E-state index contributed by atoms with van der Waals surface area (Å²) in [5.41, 5.74) is 1.18. The molecule has 0 saturated carbocycles. The molecule has 21 heavy (non-hydrogen) atoms. The third kappa shape index (κ3) is 4.02. The standard InChI is InChI=1S/C16H15BrClF2N/c1-2-21-15(16-13(18)4-3-5-14(16)20)9-10-8-11(19)6-7-12(10)17/h3-8,15,21H,2,9H2,1H3. The van der Waals surface area contributed by atoms with Gasteiger partial charge < -0.3 is 5.32 Å². The Bertz CT molecular complexity index is 613. The maximum Gasteiger partial charge on any atom is 0.129 e. The van der Waals surface area contributed by atoms with Gasteiger partial charge in [0.05, 0.1) is 0 Å². The molecule has 2 aromatic rings. The Morgan fingerprint density at radius 1 is 1.24 bits per heavy atom. The molecule has 1 unspecified atom stereocenters. The van der Waals surface area contributed by atoms with Crippen LogP contribution in [0.15, 0.2) is 40.9 Å². The van der Waals surface area contributed by atoms with Gasteiger partial charge in [-0.05, 0) is 48.9 Å². The largest absolute Gasteiger partial charge is 0.310 e. The maximum atomic E-state index is 14.1. The molecule has 0 fully saturated rings. The Labute approximate surface area is 136 Å². The highest BCUT2D eigenvalue weighted by Gasteiger charge is 2.20. The van der Waals surface area contributed by atoms with Crippen LogP contribution in [0, 0.1) is 11.6 Å².